The van der Waals surface area contributed by atoms with E-state index >= 15 is 0 Å². The monoisotopic (exact) mass is 316 g/mol. The average Bonchev–Trinajstić information content (AvgIpc) is 2.85. The molecule has 1 aliphatic carbocycles. The Morgan fingerprint density at radius 1 is 1.14 bits per heavy atom. The lowest BCUT2D eigenvalue weighted by atomic mass is 9.79. The van der Waals surface area contributed by atoms with Crippen LogP contribution in [0.2, 0.25) is 0 Å². The second kappa shape index (κ2) is 5.30. The highest BCUT2D eigenvalue weighted by Crippen LogP contribution is 2.38. The molecule has 3 atom stereocenters. The van der Waals surface area contributed by atoms with Gasteiger partial charge in [0.2, 0.25) is 10.0 Å². The Morgan fingerprint density at radius 3 is 2.62 bits per heavy atom. The van der Waals surface area contributed by atoms with E-state index in [1.165, 1.54) is 4.31 Å². The van der Waals surface area contributed by atoms with Gasteiger partial charge in [0.25, 0.3) is 0 Å². The van der Waals surface area contributed by atoms with Gasteiger partial charge in [0.15, 0.2) is 0 Å². The van der Waals surface area contributed by atoms with Crippen LogP contribution in [0.15, 0.2) is 23.1 Å². The highest BCUT2D eigenvalue weighted by molar-refractivity contribution is 7.89. The Kier molecular flexibility index (Phi) is 3.75. The zero-order chi connectivity index (χ0) is 15.2. The van der Waals surface area contributed by atoms with E-state index in [-0.39, 0.29) is 17.9 Å². The number of benzene rings is 1. The van der Waals surface area contributed by atoms with E-state index in [1.54, 1.807) is 0 Å². The molecule has 116 valence electrons. The molecular weight excluding hydrogens is 298 g/mol. The lowest BCUT2D eigenvalue weighted by Gasteiger charge is -2.28. The smallest absolute Gasteiger partial charge is 0.246 e. The number of fused-ring (bicyclic) bond motifs is 1. The number of hydrogen-bond donors (Lipinski definition) is 1. The summed E-state index contributed by atoms with van der Waals surface area (Å²) in [5.74, 6) is -1.17. The summed E-state index contributed by atoms with van der Waals surface area (Å²) in [6.45, 7) is 0.715. The molecular formula is C14H18F2N2O2S. The quantitative estimate of drug-likeness (QED) is 0.903. The predicted molar refractivity (Wildman–Crippen MR) is 73.9 cm³/mol. The predicted octanol–water partition coefficient (Wildman–Crippen LogP) is 1.71. The molecule has 0 radical (unpaired) electrons. The molecule has 1 saturated carbocycles. The summed E-state index contributed by atoms with van der Waals surface area (Å²) in [5, 5.41) is 0. The largest absolute Gasteiger partial charge is 0.328 e. The third-order valence-electron chi connectivity index (χ3n) is 4.57. The number of hydrogen-bond acceptors (Lipinski definition) is 3. The fourth-order valence-corrected chi connectivity index (χ4v) is 5.06. The summed E-state index contributed by atoms with van der Waals surface area (Å²) in [6.07, 6.45) is 2.58. The van der Waals surface area contributed by atoms with Crippen LogP contribution in [0.25, 0.3) is 0 Å². The van der Waals surface area contributed by atoms with Crippen molar-refractivity contribution in [3.8, 4) is 0 Å². The molecule has 1 unspecified atom stereocenters. The van der Waals surface area contributed by atoms with E-state index in [4.69, 9.17) is 5.73 Å². The van der Waals surface area contributed by atoms with E-state index < -0.39 is 26.6 Å². The minimum absolute atomic E-state index is 0.111. The van der Waals surface area contributed by atoms with E-state index in [0.29, 0.717) is 13.1 Å². The molecule has 2 fully saturated rings. The third kappa shape index (κ3) is 2.69. The Bertz CT molecular complexity index is 650. The second-order valence-electron chi connectivity index (χ2n) is 5.99. The number of sulfonamides is 1. The number of rotatable bonds is 2. The number of halogens is 2. The molecule has 0 bridgehead atoms. The van der Waals surface area contributed by atoms with Crippen LogP contribution in [0.1, 0.15) is 19.3 Å². The van der Waals surface area contributed by atoms with E-state index in [2.05, 4.69) is 0 Å². The van der Waals surface area contributed by atoms with Gasteiger partial charge in [-0.05, 0) is 49.3 Å². The molecule has 0 spiro atoms. The van der Waals surface area contributed by atoms with Crippen LogP contribution >= 0.6 is 0 Å². The summed E-state index contributed by atoms with van der Waals surface area (Å²) in [7, 11) is -3.99. The van der Waals surface area contributed by atoms with Gasteiger partial charge < -0.3 is 5.73 Å². The van der Waals surface area contributed by atoms with Crippen LogP contribution in [0.4, 0.5) is 8.78 Å². The number of nitrogens with two attached hydrogens (primary N) is 1. The highest BCUT2D eigenvalue weighted by Gasteiger charge is 2.42. The first-order valence-corrected chi connectivity index (χ1v) is 8.52. The van der Waals surface area contributed by atoms with E-state index in [1.807, 2.05) is 0 Å². The van der Waals surface area contributed by atoms with Crippen molar-refractivity contribution in [3.63, 3.8) is 0 Å². The van der Waals surface area contributed by atoms with Gasteiger partial charge >= 0.3 is 0 Å². The molecule has 2 aliphatic rings. The Morgan fingerprint density at radius 2 is 1.86 bits per heavy atom. The maximum Gasteiger partial charge on any atom is 0.246 e. The average molecular weight is 316 g/mol. The molecule has 3 rings (SSSR count). The minimum atomic E-state index is -3.99. The minimum Gasteiger partial charge on any atom is -0.328 e. The van der Waals surface area contributed by atoms with Gasteiger partial charge in [-0.2, -0.15) is 4.31 Å². The highest BCUT2D eigenvalue weighted by atomic mass is 32.2. The van der Waals surface area contributed by atoms with Crippen LogP contribution < -0.4 is 5.73 Å². The molecule has 1 aliphatic heterocycles. The maximum atomic E-state index is 13.8. The first kappa shape index (κ1) is 14.9. The molecule has 1 heterocycles. The summed E-state index contributed by atoms with van der Waals surface area (Å²) in [6, 6.07) is 2.62. The van der Waals surface area contributed by atoms with Crippen molar-refractivity contribution in [3.05, 3.63) is 29.8 Å². The molecule has 21 heavy (non-hydrogen) atoms. The van der Waals surface area contributed by atoms with Gasteiger partial charge in [0.05, 0.1) is 0 Å². The van der Waals surface area contributed by atoms with Crippen molar-refractivity contribution >= 4 is 10.0 Å². The van der Waals surface area contributed by atoms with Crippen LogP contribution in [-0.4, -0.2) is 31.9 Å². The van der Waals surface area contributed by atoms with Gasteiger partial charge in [0, 0.05) is 19.1 Å². The van der Waals surface area contributed by atoms with E-state index in [0.717, 1.165) is 37.5 Å². The summed E-state index contributed by atoms with van der Waals surface area (Å²) < 4.78 is 53.3. The van der Waals surface area contributed by atoms with Gasteiger partial charge in [-0.1, -0.05) is 0 Å². The maximum absolute atomic E-state index is 13.8. The molecule has 1 saturated heterocycles. The normalized spacial score (nSPS) is 30.3. The standard InChI is InChI=1S/C14H18F2N2O2S/c15-11-2-4-13(16)14(6-11)21(19,20)18-7-9-1-3-12(17)5-10(9)8-18/h2,4,6,9-10,12H,1,3,5,7-8,17H2/t9-,10+,12?/m1/s1. The lowest BCUT2D eigenvalue weighted by molar-refractivity contribution is 0.271. The van der Waals surface area contributed by atoms with Gasteiger partial charge in [-0.15, -0.1) is 0 Å². The molecule has 4 nitrogen and oxygen atoms in total. The Balaban J connectivity index is 1.88. The summed E-state index contributed by atoms with van der Waals surface area (Å²) in [5.41, 5.74) is 5.92. The second-order valence-corrected chi connectivity index (χ2v) is 7.90. The Labute approximate surface area is 123 Å². The van der Waals surface area contributed by atoms with Crippen molar-refractivity contribution in [2.75, 3.05) is 13.1 Å². The van der Waals surface area contributed by atoms with Crippen molar-refractivity contribution in [2.45, 2.75) is 30.2 Å². The first-order valence-electron chi connectivity index (χ1n) is 7.08. The fraction of sp³-hybridized carbons (Fsp3) is 0.571. The van der Waals surface area contributed by atoms with Crippen molar-refractivity contribution < 1.29 is 17.2 Å². The molecule has 2 N–H and O–H groups in total. The molecule has 0 amide bonds. The topological polar surface area (TPSA) is 63.4 Å². The van der Waals surface area contributed by atoms with Crippen LogP contribution in [0, 0.1) is 23.5 Å². The van der Waals surface area contributed by atoms with Crippen molar-refractivity contribution in [1.82, 2.24) is 4.31 Å². The molecule has 1 aromatic rings. The summed E-state index contributed by atoms with van der Waals surface area (Å²) >= 11 is 0. The van der Waals surface area contributed by atoms with Crippen LogP contribution in [-0.2, 0) is 10.0 Å². The molecule has 1 aromatic carbocycles. The van der Waals surface area contributed by atoms with Gasteiger partial charge in [-0.3, -0.25) is 0 Å². The zero-order valence-corrected chi connectivity index (χ0v) is 12.3. The fourth-order valence-electron chi connectivity index (χ4n) is 3.43. The molecule has 7 heteroatoms. The van der Waals surface area contributed by atoms with Crippen molar-refractivity contribution in [2.24, 2.45) is 17.6 Å². The first-order chi connectivity index (χ1) is 9.88. The van der Waals surface area contributed by atoms with Crippen LogP contribution in [0.3, 0.4) is 0 Å². The molecule has 0 aromatic heterocycles. The van der Waals surface area contributed by atoms with Gasteiger partial charge in [-0.25, -0.2) is 17.2 Å². The lowest BCUT2D eigenvalue weighted by Crippen LogP contribution is -2.32. The van der Waals surface area contributed by atoms with E-state index in [9.17, 15) is 17.2 Å². The third-order valence-corrected chi connectivity index (χ3v) is 6.41. The van der Waals surface area contributed by atoms with Crippen LogP contribution in [0.5, 0.6) is 0 Å². The van der Waals surface area contributed by atoms with Crippen molar-refractivity contribution in [1.29, 1.82) is 0 Å². The Hall–Kier alpha value is -1.05. The number of nitrogens with zero attached hydrogens (tertiary/aromatic N) is 1. The summed E-state index contributed by atoms with van der Waals surface area (Å²) in [4.78, 5) is -0.578. The SMILES string of the molecule is NC1CC[C@@H]2CN(S(=O)(=O)c3cc(F)ccc3F)C[C@@H]2C1. The van der Waals surface area contributed by atoms with Gasteiger partial charge in [0.1, 0.15) is 16.5 Å². The zero-order valence-electron chi connectivity index (χ0n) is 11.5.